The Bertz CT molecular complexity index is 725. The van der Waals surface area contributed by atoms with E-state index >= 15 is 0 Å². The summed E-state index contributed by atoms with van der Waals surface area (Å²) in [6.45, 7) is 4.70. The summed E-state index contributed by atoms with van der Waals surface area (Å²) in [5.41, 5.74) is -0.197. The molecule has 2 N–H and O–H groups in total. The van der Waals surface area contributed by atoms with E-state index in [2.05, 4.69) is 25.5 Å². The number of halogens is 3. The number of benzene rings is 1. The number of hydrogen-bond donors (Lipinski definition) is 2. The predicted molar refractivity (Wildman–Crippen MR) is 87.4 cm³/mol. The first-order valence-corrected chi connectivity index (χ1v) is 7.91. The Balaban J connectivity index is 1.58. The average Bonchev–Trinajstić information content (AvgIpc) is 2.64. The fraction of sp³-hybridized carbons (Fsp3) is 0.375. The molecule has 0 unspecified atom stereocenters. The van der Waals surface area contributed by atoms with E-state index < -0.39 is 17.5 Å². The molecule has 9 heteroatoms. The summed E-state index contributed by atoms with van der Waals surface area (Å²) in [5.74, 6) is -3.42. The number of rotatable bonds is 6. The summed E-state index contributed by atoms with van der Waals surface area (Å²) in [6, 6.07) is 3.47. The quantitative estimate of drug-likeness (QED) is 0.778. The number of hydrogen-bond acceptors (Lipinski definition) is 6. The number of nitrogens with zero attached hydrogens (tertiary/aromatic N) is 3. The van der Waals surface area contributed by atoms with E-state index in [9.17, 15) is 13.2 Å². The van der Waals surface area contributed by atoms with Crippen LogP contribution in [0.5, 0.6) is 0 Å². The van der Waals surface area contributed by atoms with Gasteiger partial charge >= 0.3 is 0 Å². The molecule has 0 amide bonds. The molecule has 0 aliphatic carbocycles. The Kier molecular flexibility index (Phi) is 5.67. The van der Waals surface area contributed by atoms with Crippen molar-refractivity contribution >= 4 is 17.5 Å². The monoisotopic (exact) mass is 353 g/mol. The Hall–Kier alpha value is -2.39. The molecular weight excluding hydrogens is 335 g/mol. The summed E-state index contributed by atoms with van der Waals surface area (Å²) in [4.78, 5) is 10.5. The third-order valence-electron chi connectivity index (χ3n) is 3.77. The SMILES string of the molecule is Fc1ccc(Nc2ccnc(NCCN3CCOCC3)n2)c(F)c1F. The molecule has 0 saturated carbocycles. The van der Waals surface area contributed by atoms with Crippen LogP contribution in [0.25, 0.3) is 0 Å². The highest BCUT2D eigenvalue weighted by Gasteiger charge is 2.14. The highest BCUT2D eigenvalue weighted by Crippen LogP contribution is 2.22. The first-order valence-electron chi connectivity index (χ1n) is 7.91. The Morgan fingerprint density at radius 3 is 2.68 bits per heavy atom. The third kappa shape index (κ3) is 4.58. The Labute approximate surface area is 143 Å². The van der Waals surface area contributed by atoms with Gasteiger partial charge in [-0.3, -0.25) is 4.90 Å². The maximum atomic E-state index is 13.7. The molecule has 0 atom stereocenters. The molecule has 1 aromatic heterocycles. The van der Waals surface area contributed by atoms with E-state index in [1.807, 2.05) is 0 Å². The van der Waals surface area contributed by atoms with Gasteiger partial charge in [0.05, 0.1) is 18.9 Å². The van der Waals surface area contributed by atoms with Gasteiger partial charge in [0.25, 0.3) is 0 Å². The van der Waals surface area contributed by atoms with Crippen molar-refractivity contribution in [1.29, 1.82) is 0 Å². The third-order valence-corrected chi connectivity index (χ3v) is 3.77. The number of nitrogens with one attached hydrogen (secondary N) is 2. The van der Waals surface area contributed by atoms with Crippen LogP contribution >= 0.6 is 0 Å². The lowest BCUT2D eigenvalue weighted by Gasteiger charge is -2.26. The van der Waals surface area contributed by atoms with Gasteiger partial charge in [-0.05, 0) is 18.2 Å². The molecule has 0 bridgehead atoms. The van der Waals surface area contributed by atoms with Gasteiger partial charge in [0.2, 0.25) is 5.95 Å². The first kappa shape index (κ1) is 17.4. The van der Waals surface area contributed by atoms with Crippen LogP contribution in [-0.4, -0.2) is 54.3 Å². The lowest BCUT2D eigenvalue weighted by atomic mass is 10.3. The number of morpholine rings is 1. The maximum absolute atomic E-state index is 13.7. The number of aromatic nitrogens is 2. The van der Waals surface area contributed by atoms with Crippen molar-refractivity contribution in [1.82, 2.24) is 14.9 Å². The van der Waals surface area contributed by atoms with Crippen molar-refractivity contribution in [2.75, 3.05) is 50.0 Å². The Morgan fingerprint density at radius 1 is 1.08 bits per heavy atom. The van der Waals surface area contributed by atoms with Crippen LogP contribution in [-0.2, 0) is 4.74 Å². The van der Waals surface area contributed by atoms with Gasteiger partial charge in [0, 0.05) is 32.4 Å². The molecule has 0 radical (unpaired) electrons. The molecule has 1 saturated heterocycles. The molecule has 2 heterocycles. The summed E-state index contributed by atoms with van der Waals surface area (Å²) in [5, 5.41) is 5.70. The minimum atomic E-state index is -1.53. The normalized spacial score (nSPS) is 15.2. The van der Waals surface area contributed by atoms with Crippen molar-refractivity contribution in [3.05, 3.63) is 41.8 Å². The minimum Gasteiger partial charge on any atom is -0.379 e. The summed E-state index contributed by atoms with van der Waals surface area (Å²) >= 11 is 0. The molecule has 0 spiro atoms. The van der Waals surface area contributed by atoms with Crippen LogP contribution in [0.4, 0.5) is 30.6 Å². The van der Waals surface area contributed by atoms with Gasteiger partial charge in [-0.1, -0.05) is 0 Å². The molecule has 1 aromatic carbocycles. The molecule has 25 heavy (non-hydrogen) atoms. The van der Waals surface area contributed by atoms with Crippen molar-refractivity contribution in [3.63, 3.8) is 0 Å². The molecule has 6 nitrogen and oxygen atoms in total. The average molecular weight is 353 g/mol. The van der Waals surface area contributed by atoms with Gasteiger partial charge in [0.1, 0.15) is 5.82 Å². The van der Waals surface area contributed by atoms with Crippen LogP contribution in [0.3, 0.4) is 0 Å². The number of ether oxygens (including phenoxy) is 1. The van der Waals surface area contributed by atoms with Gasteiger partial charge in [0.15, 0.2) is 17.5 Å². The molecule has 1 fully saturated rings. The minimum absolute atomic E-state index is 0.197. The van der Waals surface area contributed by atoms with Gasteiger partial charge in [-0.2, -0.15) is 4.98 Å². The first-order chi connectivity index (χ1) is 12.1. The summed E-state index contributed by atoms with van der Waals surface area (Å²) in [7, 11) is 0. The van der Waals surface area contributed by atoms with Crippen molar-refractivity contribution in [3.8, 4) is 0 Å². The highest BCUT2D eigenvalue weighted by atomic mass is 19.2. The molecular formula is C16H18F3N5O. The zero-order valence-corrected chi connectivity index (χ0v) is 13.4. The van der Waals surface area contributed by atoms with Crippen LogP contribution < -0.4 is 10.6 Å². The second-order valence-electron chi connectivity index (χ2n) is 5.49. The second kappa shape index (κ2) is 8.13. The molecule has 1 aliphatic rings. The highest BCUT2D eigenvalue weighted by molar-refractivity contribution is 5.57. The van der Waals surface area contributed by atoms with Crippen LogP contribution in [0.2, 0.25) is 0 Å². The van der Waals surface area contributed by atoms with E-state index in [0.29, 0.717) is 12.5 Å². The largest absolute Gasteiger partial charge is 0.379 e. The Morgan fingerprint density at radius 2 is 1.88 bits per heavy atom. The zero-order valence-electron chi connectivity index (χ0n) is 13.4. The molecule has 134 valence electrons. The molecule has 2 aromatic rings. The number of anilines is 3. The lowest BCUT2D eigenvalue weighted by Crippen LogP contribution is -2.39. The van der Waals surface area contributed by atoms with Gasteiger partial charge < -0.3 is 15.4 Å². The standard InChI is InChI=1S/C16H18F3N5O/c17-11-1-2-12(15(19)14(11)18)22-13-3-4-20-16(23-13)21-5-6-24-7-9-25-10-8-24/h1-4H,5-10H2,(H2,20,21,22,23). The van der Waals surface area contributed by atoms with Crippen molar-refractivity contribution in [2.24, 2.45) is 0 Å². The van der Waals surface area contributed by atoms with Crippen LogP contribution in [0, 0.1) is 17.5 Å². The van der Waals surface area contributed by atoms with E-state index in [-0.39, 0.29) is 11.5 Å². The van der Waals surface area contributed by atoms with E-state index in [1.54, 1.807) is 0 Å². The van der Waals surface area contributed by atoms with Crippen molar-refractivity contribution in [2.45, 2.75) is 0 Å². The maximum Gasteiger partial charge on any atom is 0.224 e. The van der Waals surface area contributed by atoms with E-state index in [4.69, 9.17) is 4.74 Å². The van der Waals surface area contributed by atoms with Crippen molar-refractivity contribution < 1.29 is 17.9 Å². The fourth-order valence-corrected chi connectivity index (χ4v) is 2.42. The molecule has 1 aliphatic heterocycles. The smallest absolute Gasteiger partial charge is 0.224 e. The second-order valence-corrected chi connectivity index (χ2v) is 5.49. The lowest BCUT2D eigenvalue weighted by molar-refractivity contribution is 0.0398. The summed E-state index contributed by atoms with van der Waals surface area (Å²) in [6.07, 6.45) is 1.49. The molecule has 3 rings (SSSR count). The van der Waals surface area contributed by atoms with Crippen LogP contribution in [0.1, 0.15) is 0 Å². The van der Waals surface area contributed by atoms with Gasteiger partial charge in [-0.15, -0.1) is 0 Å². The van der Waals surface area contributed by atoms with Gasteiger partial charge in [-0.25, -0.2) is 18.2 Å². The fourth-order valence-electron chi connectivity index (χ4n) is 2.42. The summed E-state index contributed by atoms with van der Waals surface area (Å²) < 4.78 is 45.2. The topological polar surface area (TPSA) is 62.3 Å². The van der Waals surface area contributed by atoms with E-state index in [1.165, 1.54) is 12.3 Å². The zero-order chi connectivity index (χ0) is 17.6. The van der Waals surface area contributed by atoms with Crippen LogP contribution in [0.15, 0.2) is 24.4 Å². The predicted octanol–water partition coefficient (Wildman–Crippen LogP) is 2.38. The van der Waals surface area contributed by atoms with E-state index in [0.717, 1.165) is 45.0 Å².